The first-order valence-corrected chi connectivity index (χ1v) is 4.27. The lowest BCUT2D eigenvalue weighted by atomic mass is 10.2. The van der Waals surface area contributed by atoms with Gasteiger partial charge in [-0.2, -0.15) is 0 Å². The molecule has 0 aliphatic carbocycles. The molecule has 0 bridgehead atoms. The molecule has 0 atom stereocenters. The molecule has 0 radical (unpaired) electrons. The van der Waals surface area contributed by atoms with Crippen molar-refractivity contribution in [1.82, 2.24) is 0 Å². The molecule has 0 saturated heterocycles. The summed E-state index contributed by atoms with van der Waals surface area (Å²) in [7, 11) is 0. The van der Waals surface area contributed by atoms with Gasteiger partial charge >= 0.3 is 0 Å². The van der Waals surface area contributed by atoms with Gasteiger partial charge in [0.2, 0.25) is 0 Å². The summed E-state index contributed by atoms with van der Waals surface area (Å²) < 4.78 is 5.29. The van der Waals surface area contributed by atoms with E-state index < -0.39 is 0 Å². The number of ether oxygens (including phenoxy) is 1. The second-order valence-corrected chi connectivity index (χ2v) is 2.74. The fourth-order valence-electron chi connectivity index (χ4n) is 0.981. The molecule has 0 amide bonds. The first-order valence-electron chi connectivity index (χ1n) is 3.89. The molecular weight excluding hydrogens is 209 g/mol. The summed E-state index contributed by atoms with van der Waals surface area (Å²) in [5.41, 5.74) is 6.39. The maximum absolute atomic E-state index is 5.98. The quantitative estimate of drug-likeness (QED) is 0.853. The topological polar surface area (TPSA) is 35.2 Å². The molecule has 74 valence electrons. The minimum absolute atomic E-state index is 0. The lowest BCUT2D eigenvalue weighted by Crippen LogP contribution is -1.99. The Hall–Kier alpha value is -0.440. The molecule has 0 aliphatic rings. The zero-order chi connectivity index (χ0) is 8.97. The van der Waals surface area contributed by atoms with Crippen LogP contribution in [0.15, 0.2) is 18.2 Å². The van der Waals surface area contributed by atoms with Gasteiger partial charge in [0.25, 0.3) is 0 Å². The Morgan fingerprint density at radius 1 is 1.46 bits per heavy atom. The molecule has 1 rings (SSSR count). The SMILES string of the molecule is CCOc1cccc(CN)c1Cl.Cl. The van der Waals surface area contributed by atoms with Crippen molar-refractivity contribution in [3.05, 3.63) is 28.8 Å². The number of rotatable bonds is 3. The smallest absolute Gasteiger partial charge is 0.138 e. The lowest BCUT2D eigenvalue weighted by molar-refractivity contribution is 0.340. The van der Waals surface area contributed by atoms with Crippen LogP contribution in [0.5, 0.6) is 5.75 Å². The Balaban J connectivity index is 0.00000144. The van der Waals surface area contributed by atoms with E-state index in [1.165, 1.54) is 0 Å². The van der Waals surface area contributed by atoms with Gasteiger partial charge in [-0.05, 0) is 18.6 Å². The molecule has 4 heteroatoms. The van der Waals surface area contributed by atoms with Crippen molar-refractivity contribution in [1.29, 1.82) is 0 Å². The molecule has 0 aromatic heterocycles. The monoisotopic (exact) mass is 221 g/mol. The first-order chi connectivity index (χ1) is 5.79. The maximum atomic E-state index is 5.98. The average molecular weight is 222 g/mol. The van der Waals surface area contributed by atoms with Gasteiger partial charge in [-0.3, -0.25) is 0 Å². The normalized spacial score (nSPS) is 9.15. The van der Waals surface area contributed by atoms with Crippen molar-refractivity contribution >= 4 is 24.0 Å². The Morgan fingerprint density at radius 3 is 2.69 bits per heavy atom. The van der Waals surface area contributed by atoms with E-state index in [9.17, 15) is 0 Å². The lowest BCUT2D eigenvalue weighted by Gasteiger charge is -2.07. The van der Waals surface area contributed by atoms with E-state index >= 15 is 0 Å². The molecule has 13 heavy (non-hydrogen) atoms. The summed E-state index contributed by atoms with van der Waals surface area (Å²) in [4.78, 5) is 0. The van der Waals surface area contributed by atoms with E-state index in [0.717, 1.165) is 5.56 Å². The summed E-state index contributed by atoms with van der Waals surface area (Å²) in [6.45, 7) is 2.99. The Labute approximate surface area is 89.4 Å². The van der Waals surface area contributed by atoms with Crippen LogP contribution in [0.1, 0.15) is 12.5 Å². The predicted octanol–water partition coefficient (Wildman–Crippen LogP) is 2.62. The molecule has 0 aliphatic heterocycles. The van der Waals surface area contributed by atoms with Crippen molar-refractivity contribution in [2.75, 3.05) is 6.61 Å². The number of benzene rings is 1. The van der Waals surface area contributed by atoms with Crippen LogP contribution in [-0.4, -0.2) is 6.61 Å². The highest BCUT2D eigenvalue weighted by Crippen LogP contribution is 2.27. The molecule has 0 unspecified atom stereocenters. The zero-order valence-electron chi connectivity index (χ0n) is 7.42. The van der Waals surface area contributed by atoms with Crippen molar-refractivity contribution in [3.8, 4) is 5.75 Å². The number of hydrogen-bond donors (Lipinski definition) is 1. The summed E-state index contributed by atoms with van der Waals surface area (Å²) in [6.07, 6.45) is 0. The summed E-state index contributed by atoms with van der Waals surface area (Å²) in [6, 6.07) is 5.62. The molecule has 1 aromatic rings. The molecule has 0 heterocycles. The Morgan fingerprint density at radius 2 is 2.15 bits per heavy atom. The van der Waals surface area contributed by atoms with Gasteiger partial charge in [0.05, 0.1) is 11.6 Å². The van der Waals surface area contributed by atoms with E-state index in [1.54, 1.807) is 0 Å². The van der Waals surface area contributed by atoms with Gasteiger partial charge < -0.3 is 10.5 Å². The van der Waals surface area contributed by atoms with Crippen molar-refractivity contribution in [3.63, 3.8) is 0 Å². The van der Waals surface area contributed by atoms with Crippen LogP contribution in [0.2, 0.25) is 5.02 Å². The summed E-state index contributed by atoms with van der Waals surface area (Å²) in [5.74, 6) is 0.710. The van der Waals surface area contributed by atoms with Crippen LogP contribution in [-0.2, 0) is 6.54 Å². The summed E-state index contributed by atoms with van der Waals surface area (Å²) >= 11 is 5.98. The molecule has 1 aromatic carbocycles. The minimum Gasteiger partial charge on any atom is -0.492 e. The maximum Gasteiger partial charge on any atom is 0.138 e. The van der Waals surface area contributed by atoms with Crippen LogP contribution in [0.25, 0.3) is 0 Å². The highest BCUT2D eigenvalue weighted by atomic mass is 35.5. The summed E-state index contributed by atoms with van der Waals surface area (Å²) in [5, 5.41) is 0.627. The second kappa shape index (κ2) is 6.08. The predicted molar refractivity (Wildman–Crippen MR) is 57.8 cm³/mol. The standard InChI is InChI=1S/C9H12ClNO.ClH/c1-2-12-8-5-3-4-7(6-11)9(8)10;/h3-5H,2,6,11H2,1H3;1H. The largest absolute Gasteiger partial charge is 0.492 e. The molecule has 2 N–H and O–H groups in total. The first kappa shape index (κ1) is 12.6. The fourth-order valence-corrected chi connectivity index (χ4v) is 1.24. The third-order valence-electron chi connectivity index (χ3n) is 1.56. The van der Waals surface area contributed by atoms with Gasteiger partial charge in [-0.25, -0.2) is 0 Å². The van der Waals surface area contributed by atoms with E-state index in [2.05, 4.69) is 0 Å². The Kier molecular flexibility index (Phi) is 5.88. The van der Waals surface area contributed by atoms with Crippen molar-refractivity contribution in [2.24, 2.45) is 5.73 Å². The third kappa shape index (κ3) is 3.07. The van der Waals surface area contributed by atoms with Crippen LogP contribution < -0.4 is 10.5 Å². The van der Waals surface area contributed by atoms with Crippen molar-refractivity contribution in [2.45, 2.75) is 13.5 Å². The minimum atomic E-state index is 0. The van der Waals surface area contributed by atoms with Gasteiger partial charge in [-0.1, -0.05) is 23.7 Å². The number of nitrogens with two attached hydrogens (primary N) is 1. The average Bonchev–Trinajstić information content (AvgIpc) is 2.09. The molecule has 2 nitrogen and oxygen atoms in total. The fraction of sp³-hybridized carbons (Fsp3) is 0.333. The van der Waals surface area contributed by atoms with E-state index in [1.807, 2.05) is 25.1 Å². The van der Waals surface area contributed by atoms with Crippen LogP contribution in [0.4, 0.5) is 0 Å². The number of hydrogen-bond acceptors (Lipinski definition) is 2. The van der Waals surface area contributed by atoms with Crippen LogP contribution in [0, 0.1) is 0 Å². The van der Waals surface area contributed by atoms with Crippen LogP contribution >= 0.6 is 24.0 Å². The highest BCUT2D eigenvalue weighted by molar-refractivity contribution is 6.32. The van der Waals surface area contributed by atoms with Gasteiger partial charge in [0.15, 0.2) is 0 Å². The number of halogens is 2. The molecule has 0 spiro atoms. The molecule has 0 saturated carbocycles. The Bertz CT molecular complexity index is 266. The van der Waals surface area contributed by atoms with Gasteiger partial charge in [0, 0.05) is 6.54 Å². The van der Waals surface area contributed by atoms with Crippen LogP contribution in [0.3, 0.4) is 0 Å². The van der Waals surface area contributed by atoms with Crippen molar-refractivity contribution < 1.29 is 4.74 Å². The molecular formula is C9H13Cl2NO. The van der Waals surface area contributed by atoms with E-state index in [0.29, 0.717) is 23.9 Å². The second-order valence-electron chi connectivity index (χ2n) is 2.37. The zero-order valence-corrected chi connectivity index (χ0v) is 8.99. The highest BCUT2D eigenvalue weighted by Gasteiger charge is 2.04. The van der Waals surface area contributed by atoms with E-state index in [4.69, 9.17) is 22.1 Å². The van der Waals surface area contributed by atoms with E-state index in [-0.39, 0.29) is 12.4 Å². The van der Waals surface area contributed by atoms with Gasteiger partial charge in [0.1, 0.15) is 5.75 Å². The molecule has 0 fully saturated rings. The third-order valence-corrected chi connectivity index (χ3v) is 1.99. The van der Waals surface area contributed by atoms with Gasteiger partial charge in [-0.15, -0.1) is 12.4 Å².